The topological polar surface area (TPSA) is 58.1 Å². The fraction of sp³-hybridized carbons (Fsp3) is 0.720. The van der Waals surface area contributed by atoms with Gasteiger partial charge in [0.1, 0.15) is 0 Å². The number of ether oxygens (including phenoxy) is 2. The molecule has 1 atom stereocenters. The zero-order valence-electron chi connectivity index (χ0n) is 19.6. The maximum atomic E-state index is 5.74. The van der Waals surface area contributed by atoms with Crippen LogP contribution in [-0.2, 0) is 16.0 Å². The summed E-state index contributed by atoms with van der Waals surface area (Å²) in [5.41, 5.74) is 2.75. The minimum absolute atomic E-state index is 0.315. The standard InChI is InChI=1S/C25H42N4O2/c1-3-26-25(27-13-5-16-30-20-24-6-4-17-31-24)28-18-22-11-14-29(15-12-22)19-23-9-7-21(2)8-10-23/h7-10,22,24H,3-6,11-20H2,1-2H3,(H2,26,27,28). The lowest BCUT2D eigenvalue weighted by molar-refractivity contribution is 0.0168. The van der Waals surface area contributed by atoms with Gasteiger partial charge in [-0.15, -0.1) is 0 Å². The number of guanidine groups is 1. The molecule has 2 fully saturated rings. The van der Waals surface area contributed by atoms with Gasteiger partial charge in [0.25, 0.3) is 0 Å². The molecule has 0 radical (unpaired) electrons. The molecule has 1 aromatic carbocycles. The van der Waals surface area contributed by atoms with Crippen molar-refractivity contribution in [3.05, 3.63) is 35.4 Å². The van der Waals surface area contributed by atoms with Crippen molar-refractivity contribution in [2.45, 2.75) is 58.6 Å². The zero-order chi connectivity index (χ0) is 21.7. The van der Waals surface area contributed by atoms with Crippen LogP contribution in [0, 0.1) is 12.8 Å². The van der Waals surface area contributed by atoms with Crippen LogP contribution < -0.4 is 10.6 Å². The summed E-state index contributed by atoms with van der Waals surface area (Å²) in [7, 11) is 0. The Hall–Kier alpha value is -1.63. The summed E-state index contributed by atoms with van der Waals surface area (Å²) in [6.07, 6.45) is 6.06. The molecule has 0 amide bonds. The van der Waals surface area contributed by atoms with Gasteiger partial charge in [0.15, 0.2) is 5.96 Å². The van der Waals surface area contributed by atoms with Gasteiger partial charge in [0, 0.05) is 39.4 Å². The molecule has 2 aliphatic rings. The van der Waals surface area contributed by atoms with Crippen LogP contribution in [0.4, 0.5) is 0 Å². The first-order valence-electron chi connectivity index (χ1n) is 12.2. The molecule has 31 heavy (non-hydrogen) atoms. The second-order valence-electron chi connectivity index (χ2n) is 8.92. The second-order valence-corrected chi connectivity index (χ2v) is 8.92. The molecule has 6 heteroatoms. The van der Waals surface area contributed by atoms with E-state index in [0.29, 0.717) is 12.0 Å². The smallest absolute Gasteiger partial charge is 0.191 e. The number of hydrogen-bond donors (Lipinski definition) is 2. The Morgan fingerprint density at radius 1 is 1.16 bits per heavy atom. The summed E-state index contributed by atoms with van der Waals surface area (Å²) in [5.74, 6) is 1.61. The number of likely N-dealkylation sites (tertiary alicyclic amines) is 1. The van der Waals surface area contributed by atoms with Crippen LogP contribution in [0.5, 0.6) is 0 Å². The summed E-state index contributed by atoms with van der Waals surface area (Å²) in [6, 6.07) is 8.94. The predicted octanol–water partition coefficient (Wildman–Crippen LogP) is 3.35. The molecule has 1 aromatic rings. The molecule has 0 spiro atoms. The van der Waals surface area contributed by atoms with E-state index in [-0.39, 0.29) is 0 Å². The van der Waals surface area contributed by atoms with E-state index in [9.17, 15) is 0 Å². The highest BCUT2D eigenvalue weighted by Crippen LogP contribution is 2.19. The van der Waals surface area contributed by atoms with E-state index in [0.717, 1.165) is 64.8 Å². The predicted molar refractivity (Wildman–Crippen MR) is 128 cm³/mol. The van der Waals surface area contributed by atoms with Crippen LogP contribution in [0.2, 0.25) is 0 Å². The van der Waals surface area contributed by atoms with Gasteiger partial charge in [0.2, 0.25) is 0 Å². The average molecular weight is 431 g/mol. The molecule has 3 rings (SSSR count). The summed E-state index contributed by atoms with van der Waals surface area (Å²) in [4.78, 5) is 7.43. The molecular formula is C25H42N4O2. The quantitative estimate of drug-likeness (QED) is 0.320. The monoisotopic (exact) mass is 430 g/mol. The van der Waals surface area contributed by atoms with Gasteiger partial charge in [-0.2, -0.15) is 0 Å². The van der Waals surface area contributed by atoms with Gasteiger partial charge >= 0.3 is 0 Å². The third-order valence-electron chi connectivity index (χ3n) is 6.17. The molecule has 1 unspecified atom stereocenters. The normalized spacial score (nSPS) is 20.8. The number of hydrogen-bond acceptors (Lipinski definition) is 4. The van der Waals surface area contributed by atoms with E-state index in [4.69, 9.17) is 14.5 Å². The molecule has 2 saturated heterocycles. The largest absolute Gasteiger partial charge is 0.379 e. The molecular weight excluding hydrogens is 388 g/mol. The Labute approximate surface area is 188 Å². The highest BCUT2D eigenvalue weighted by Gasteiger charge is 2.19. The van der Waals surface area contributed by atoms with Gasteiger partial charge in [-0.25, -0.2) is 0 Å². The van der Waals surface area contributed by atoms with Gasteiger partial charge in [-0.3, -0.25) is 9.89 Å². The first-order valence-corrected chi connectivity index (χ1v) is 12.2. The van der Waals surface area contributed by atoms with Crippen molar-refractivity contribution in [1.82, 2.24) is 15.5 Å². The van der Waals surface area contributed by atoms with Crippen LogP contribution in [0.1, 0.15) is 50.2 Å². The molecule has 2 N–H and O–H groups in total. The molecule has 6 nitrogen and oxygen atoms in total. The van der Waals surface area contributed by atoms with Crippen molar-refractivity contribution in [3.8, 4) is 0 Å². The second kappa shape index (κ2) is 13.7. The van der Waals surface area contributed by atoms with Crippen LogP contribution in [0.3, 0.4) is 0 Å². The maximum absolute atomic E-state index is 5.74. The highest BCUT2D eigenvalue weighted by atomic mass is 16.5. The Balaban J connectivity index is 1.29. The third-order valence-corrected chi connectivity index (χ3v) is 6.17. The van der Waals surface area contributed by atoms with E-state index < -0.39 is 0 Å². The van der Waals surface area contributed by atoms with Crippen molar-refractivity contribution >= 4 is 5.96 Å². The lowest BCUT2D eigenvalue weighted by atomic mass is 9.96. The van der Waals surface area contributed by atoms with E-state index in [1.54, 1.807) is 0 Å². The van der Waals surface area contributed by atoms with E-state index in [2.05, 4.69) is 53.6 Å². The fourth-order valence-corrected chi connectivity index (χ4v) is 4.21. The van der Waals surface area contributed by atoms with Gasteiger partial charge in [-0.05, 0) is 70.5 Å². The number of rotatable bonds is 11. The minimum Gasteiger partial charge on any atom is -0.379 e. The fourth-order valence-electron chi connectivity index (χ4n) is 4.21. The summed E-state index contributed by atoms with van der Waals surface area (Å²) in [6.45, 7) is 12.7. The number of piperidine rings is 1. The van der Waals surface area contributed by atoms with Crippen molar-refractivity contribution in [3.63, 3.8) is 0 Å². The molecule has 2 aliphatic heterocycles. The highest BCUT2D eigenvalue weighted by molar-refractivity contribution is 5.79. The number of aryl methyl sites for hydroxylation is 1. The lowest BCUT2D eigenvalue weighted by Crippen LogP contribution is -2.39. The van der Waals surface area contributed by atoms with Crippen molar-refractivity contribution in [2.24, 2.45) is 10.9 Å². The maximum Gasteiger partial charge on any atom is 0.191 e. The molecule has 0 aromatic heterocycles. The Morgan fingerprint density at radius 2 is 1.97 bits per heavy atom. The third kappa shape index (κ3) is 9.17. The summed E-state index contributed by atoms with van der Waals surface area (Å²) >= 11 is 0. The Kier molecular flexibility index (Phi) is 10.6. The molecule has 174 valence electrons. The average Bonchev–Trinajstić information content (AvgIpc) is 3.30. The molecule has 2 heterocycles. The van der Waals surface area contributed by atoms with Crippen molar-refractivity contribution in [1.29, 1.82) is 0 Å². The Morgan fingerprint density at radius 3 is 2.68 bits per heavy atom. The van der Waals surface area contributed by atoms with Gasteiger partial charge < -0.3 is 20.1 Å². The van der Waals surface area contributed by atoms with Crippen molar-refractivity contribution in [2.75, 3.05) is 52.5 Å². The van der Waals surface area contributed by atoms with Gasteiger partial charge in [0.05, 0.1) is 12.7 Å². The first-order chi connectivity index (χ1) is 15.2. The summed E-state index contributed by atoms with van der Waals surface area (Å²) < 4.78 is 11.3. The van der Waals surface area contributed by atoms with Crippen LogP contribution >= 0.6 is 0 Å². The number of nitrogens with zero attached hydrogens (tertiary/aromatic N) is 2. The number of aliphatic imine (C=N–C) groups is 1. The van der Waals surface area contributed by atoms with Crippen LogP contribution in [0.25, 0.3) is 0 Å². The molecule has 0 aliphatic carbocycles. The van der Waals surface area contributed by atoms with E-state index in [1.807, 2.05) is 0 Å². The minimum atomic E-state index is 0.315. The number of benzene rings is 1. The first kappa shape index (κ1) is 24.0. The number of nitrogens with one attached hydrogen (secondary N) is 2. The SMILES string of the molecule is CCNC(=NCC1CCN(Cc2ccc(C)cc2)CC1)NCCCOCC1CCCO1. The van der Waals surface area contributed by atoms with E-state index >= 15 is 0 Å². The van der Waals surface area contributed by atoms with Gasteiger partial charge in [-0.1, -0.05) is 29.8 Å². The molecule has 0 saturated carbocycles. The van der Waals surface area contributed by atoms with Crippen LogP contribution in [-0.4, -0.2) is 69.5 Å². The van der Waals surface area contributed by atoms with Crippen molar-refractivity contribution < 1.29 is 9.47 Å². The lowest BCUT2D eigenvalue weighted by Gasteiger charge is -2.31. The summed E-state index contributed by atoms with van der Waals surface area (Å²) in [5, 5.41) is 6.82. The van der Waals surface area contributed by atoms with Crippen LogP contribution in [0.15, 0.2) is 29.3 Å². The molecule has 0 bridgehead atoms. The zero-order valence-corrected chi connectivity index (χ0v) is 19.6. The Bertz CT molecular complexity index is 635. The van der Waals surface area contributed by atoms with E-state index in [1.165, 1.54) is 43.5 Å².